The summed E-state index contributed by atoms with van der Waals surface area (Å²) in [5, 5.41) is 7.12. The van der Waals surface area contributed by atoms with Crippen LogP contribution in [-0.4, -0.2) is 35.2 Å². The van der Waals surface area contributed by atoms with Gasteiger partial charge in [0.15, 0.2) is 0 Å². The second kappa shape index (κ2) is 6.90. The van der Waals surface area contributed by atoms with Gasteiger partial charge in [0.1, 0.15) is 12.0 Å². The number of rotatable bonds is 7. The fourth-order valence-electron chi connectivity index (χ4n) is 1.40. The van der Waals surface area contributed by atoms with E-state index >= 15 is 0 Å². The maximum atomic E-state index is 11.4. The molecule has 1 unspecified atom stereocenters. The van der Waals surface area contributed by atoms with E-state index < -0.39 is 6.23 Å². The van der Waals surface area contributed by atoms with Gasteiger partial charge >= 0.3 is 5.97 Å². The smallest absolute Gasteiger partial charge is 0.310 e. The van der Waals surface area contributed by atoms with E-state index in [1.807, 2.05) is 20.0 Å². The molecule has 0 aliphatic carbocycles. The normalized spacial score (nSPS) is 12.2. The van der Waals surface area contributed by atoms with Crippen molar-refractivity contribution in [3.8, 4) is 0 Å². The van der Waals surface area contributed by atoms with E-state index in [9.17, 15) is 4.79 Å². The monoisotopic (exact) mass is 241 g/mol. The van der Waals surface area contributed by atoms with E-state index in [1.54, 1.807) is 17.8 Å². The van der Waals surface area contributed by atoms with Crippen LogP contribution in [0.25, 0.3) is 0 Å². The molecule has 1 atom stereocenters. The van der Waals surface area contributed by atoms with Gasteiger partial charge in [0, 0.05) is 19.7 Å². The minimum Gasteiger partial charge on any atom is -0.466 e. The van der Waals surface area contributed by atoms with Crippen LogP contribution >= 0.6 is 0 Å². The van der Waals surface area contributed by atoms with Crippen LogP contribution in [0.3, 0.4) is 0 Å². The van der Waals surface area contributed by atoms with Crippen LogP contribution in [-0.2, 0) is 21.3 Å². The van der Waals surface area contributed by atoms with Crippen molar-refractivity contribution < 1.29 is 14.3 Å². The molecule has 0 aromatic carbocycles. The van der Waals surface area contributed by atoms with Crippen molar-refractivity contribution in [2.24, 2.45) is 7.05 Å². The maximum absolute atomic E-state index is 11.4. The van der Waals surface area contributed by atoms with Crippen molar-refractivity contribution >= 4 is 11.8 Å². The molecule has 6 heteroatoms. The molecule has 0 amide bonds. The molecule has 0 aliphatic heterocycles. The standard InChI is InChI=1S/C11H19N3O3/c1-4-16-10(8-11(15)17-5-2)13-9-6-7-12-14(9)3/h6-7,10,13H,4-5,8H2,1-3H3. The zero-order valence-electron chi connectivity index (χ0n) is 10.5. The fraction of sp³-hybridized carbons (Fsp3) is 0.636. The van der Waals surface area contributed by atoms with Gasteiger partial charge in [-0.15, -0.1) is 0 Å². The SMILES string of the molecule is CCOC(=O)CC(Nc1ccnn1C)OCC. The molecule has 1 rings (SSSR count). The lowest BCUT2D eigenvalue weighted by Crippen LogP contribution is -2.28. The quantitative estimate of drug-likeness (QED) is 0.573. The van der Waals surface area contributed by atoms with E-state index in [4.69, 9.17) is 9.47 Å². The topological polar surface area (TPSA) is 65.4 Å². The maximum Gasteiger partial charge on any atom is 0.310 e. The number of carbonyl (C=O) groups excluding carboxylic acids is 1. The van der Waals surface area contributed by atoms with E-state index in [2.05, 4.69) is 10.4 Å². The van der Waals surface area contributed by atoms with Crippen molar-refractivity contribution in [1.82, 2.24) is 9.78 Å². The summed E-state index contributed by atoms with van der Waals surface area (Å²) in [7, 11) is 1.82. The zero-order chi connectivity index (χ0) is 12.7. The van der Waals surface area contributed by atoms with Crippen LogP contribution in [0.1, 0.15) is 20.3 Å². The highest BCUT2D eigenvalue weighted by molar-refractivity contribution is 5.70. The molecule has 6 nitrogen and oxygen atoms in total. The van der Waals surface area contributed by atoms with Crippen LogP contribution in [0.2, 0.25) is 0 Å². The highest BCUT2D eigenvalue weighted by atomic mass is 16.5. The number of ether oxygens (including phenoxy) is 2. The molecule has 0 saturated carbocycles. The summed E-state index contributed by atoms with van der Waals surface area (Å²) >= 11 is 0. The minimum absolute atomic E-state index is 0.173. The first-order chi connectivity index (χ1) is 8.17. The average molecular weight is 241 g/mol. The summed E-state index contributed by atoms with van der Waals surface area (Å²) in [4.78, 5) is 11.4. The predicted octanol–water partition coefficient (Wildman–Crippen LogP) is 1.15. The van der Waals surface area contributed by atoms with Gasteiger partial charge in [-0.2, -0.15) is 5.10 Å². The molecule has 0 aliphatic rings. The van der Waals surface area contributed by atoms with Gasteiger partial charge in [0.2, 0.25) is 0 Å². The van der Waals surface area contributed by atoms with Gasteiger partial charge in [0.05, 0.1) is 19.2 Å². The molecule has 1 heterocycles. The third-order valence-corrected chi connectivity index (χ3v) is 2.16. The number of anilines is 1. The summed E-state index contributed by atoms with van der Waals surface area (Å²) in [5.74, 6) is 0.522. The van der Waals surface area contributed by atoms with Gasteiger partial charge in [0.25, 0.3) is 0 Å². The number of aryl methyl sites for hydroxylation is 1. The van der Waals surface area contributed by atoms with Crippen molar-refractivity contribution in [1.29, 1.82) is 0 Å². The van der Waals surface area contributed by atoms with E-state index in [-0.39, 0.29) is 12.4 Å². The Bertz CT molecular complexity index is 351. The molecular formula is C11H19N3O3. The predicted molar refractivity (Wildman–Crippen MR) is 63.5 cm³/mol. The summed E-state index contributed by atoms with van der Waals surface area (Å²) in [6.45, 7) is 4.56. The molecule has 1 N–H and O–H groups in total. The first kappa shape index (κ1) is 13.5. The van der Waals surface area contributed by atoms with Gasteiger partial charge in [-0.3, -0.25) is 9.48 Å². The number of aromatic nitrogens is 2. The number of carbonyl (C=O) groups is 1. The molecule has 17 heavy (non-hydrogen) atoms. The third-order valence-electron chi connectivity index (χ3n) is 2.16. The molecule has 0 bridgehead atoms. The Kier molecular flexibility index (Phi) is 5.48. The Balaban J connectivity index is 2.54. The number of hydrogen-bond acceptors (Lipinski definition) is 5. The lowest BCUT2D eigenvalue weighted by Gasteiger charge is -2.18. The summed E-state index contributed by atoms with van der Waals surface area (Å²) in [6, 6.07) is 1.82. The van der Waals surface area contributed by atoms with E-state index in [1.165, 1.54) is 0 Å². The molecule has 0 radical (unpaired) electrons. The lowest BCUT2D eigenvalue weighted by atomic mass is 10.3. The first-order valence-corrected chi connectivity index (χ1v) is 5.69. The number of nitrogens with one attached hydrogen (secondary N) is 1. The molecule has 0 saturated heterocycles. The third kappa shape index (κ3) is 4.44. The zero-order valence-corrected chi connectivity index (χ0v) is 10.5. The molecule has 1 aromatic heterocycles. The summed E-state index contributed by atoms with van der Waals surface area (Å²) < 4.78 is 12.0. The van der Waals surface area contributed by atoms with Crippen LogP contribution in [0.4, 0.5) is 5.82 Å². The van der Waals surface area contributed by atoms with Gasteiger partial charge in [-0.05, 0) is 13.8 Å². The van der Waals surface area contributed by atoms with Gasteiger partial charge < -0.3 is 14.8 Å². The van der Waals surface area contributed by atoms with Crippen molar-refractivity contribution in [3.05, 3.63) is 12.3 Å². The Morgan fingerprint density at radius 3 is 2.82 bits per heavy atom. The van der Waals surface area contributed by atoms with Gasteiger partial charge in [-0.1, -0.05) is 0 Å². The molecule has 1 aromatic rings. The average Bonchev–Trinajstić information content (AvgIpc) is 2.65. The minimum atomic E-state index is -0.394. The van der Waals surface area contributed by atoms with Crippen LogP contribution < -0.4 is 5.32 Å². The second-order valence-electron chi connectivity index (χ2n) is 3.44. The summed E-state index contributed by atoms with van der Waals surface area (Å²) in [5.41, 5.74) is 0. The fourth-order valence-corrected chi connectivity index (χ4v) is 1.40. The van der Waals surface area contributed by atoms with Crippen LogP contribution in [0.15, 0.2) is 12.3 Å². The van der Waals surface area contributed by atoms with E-state index in [0.29, 0.717) is 13.2 Å². The molecule has 0 spiro atoms. The largest absolute Gasteiger partial charge is 0.466 e. The number of esters is 1. The highest BCUT2D eigenvalue weighted by Crippen LogP contribution is 2.09. The summed E-state index contributed by atoms with van der Waals surface area (Å²) in [6.07, 6.45) is 1.46. The molecule has 0 fully saturated rings. The first-order valence-electron chi connectivity index (χ1n) is 5.69. The van der Waals surface area contributed by atoms with Crippen molar-refractivity contribution in [2.75, 3.05) is 18.5 Å². The molecular weight excluding hydrogens is 222 g/mol. The van der Waals surface area contributed by atoms with Crippen LogP contribution in [0.5, 0.6) is 0 Å². The second-order valence-corrected chi connectivity index (χ2v) is 3.44. The Labute approximate surface area is 101 Å². The van der Waals surface area contributed by atoms with E-state index in [0.717, 1.165) is 5.82 Å². The Hall–Kier alpha value is -1.56. The van der Waals surface area contributed by atoms with Crippen molar-refractivity contribution in [3.63, 3.8) is 0 Å². The Morgan fingerprint density at radius 2 is 2.29 bits per heavy atom. The lowest BCUT2D eigenvalue weighted by molar-refractivity contribution is -0.145. The number of nitrogens with zero attached hydrogens (tertiary/aromatic N) is 2. The Morgan fingerprint density at radius 1 is 1.53 bits per heavy atom. The number of hydrogen-bond donors (Lipinski definition) is 1. The van der Waals surface area contributed by atoms with Crippen molar-refractivity contribution in [2.45, 2.75) is 26.5 Å². The highest BCUT2D eigenvalue weighted by Gasteiger charge is 2.15. The molecule has 96 valence electrons. The van der Waals surface area contributed by atoms with Gasteiger partial charge in [-0.25, -0.2) is 0 Å². The van der Waals surface area contributed by atoms with Crippen LogP contribution in [0, 0.1) is 0 Å².